The summed E-state index contributed by atoms with van der Waals surface area (Å²) in [5, 5.41) is 3.39. The monoisotopic (exact) mass is 281 g/mol. The summed E-state index contributed by atoms with van der Waals surface area (Å²) in [6.45, 7) is 7.86. The third-order valence-electron chi connectivity index (χ3n) is 2.77. The summed E-state index contributed by atoms with van der Waals surface area (Å²) >= 11 is 0. The molecule has 0 aliphatic rings. The van der Waals surface area contributed by atoms with Crippen molar-refractivity contribution in [1.82, 2.24) is 5.32 Å². The molecule has 1 rings (SSSR count). The molecule has 0 spiro atoms. The zero-order valence-corrected chi connectivity index (χ0v) is 12.9. The van der Waals surface area contributed by atoms with Crippen LogP contribution in [-0.2, 0) is 16.0 Å². The van der Waals surface area contributed by atoms with Crippen LogP contribution in [0.5, 0.6) is 5.75 Å². The van der Waals surface area contributed by atoms with Crippen LogP contribution in [0.3, 0.4) is 0 Å². The average Bonchev–Trinajstić information content (AvgIpc) is 2.45. The van der Waals surface area contributed by atoms with Crippen molar-refractivity contribution in [2.24, 2.45) is 0 Å². The van der Waals surface area contributed by atoms with Crippen molar-refractivity contribution in [3.63, 3.8) is 0 Å². The van der Waals surface area contributed by atoms with Crippen LogP contribution in [0.1, 0.15) is 25.8 Å². The molecule has 1 aromatic rings. The summed E-state index contributed by atoms with van der Waals surface area (Å²) in [5.74, 6) is 0.912. The van der Waals surface area contributed by atoms with Crippen LogP contribution in [0.4, 0.5) is 0 Å². The van der Waals surface area contributed by atoms with E-state index in [-0.39, 0.29) is 0 Å². The first-order valence-corrected chi connectivity index (χ1v) is 7.24. The number of benzene rings is 1. The molecule has 0 radical (unpaired) electrons. The van der Waals surface area contributed by atoms with Gasteiger partial charge in [0.25, 0.3) is 0 Å². The lowest BCUT2D eigenvalue weighted by molar-refractivity contribution is 0.0644. The molecule has 0 unspecified atom stereocenters. The van der Waals surface area contributed by atoms with Crippen LogP contribution >= 0.6 is 0 Å². The van der Waals surface area contributed by atoms with Gasteiger partial charge in [-0.25, -0.2) is 0 Å². The third-order valence-corrected chi connectivity index (χ3v) is 2.77. The second kappa shape index (κ2) is 10.7. The fourth-order valence-electron chi connectivity index (χ4n) is 1.62. The average molecular weight is 281 g/mol. The molecular weight excluding hydrogens is 254 g/mol. The van der Waals surface area contributed by atoms with Crippen LogP contribution in [0.15, 0.2) is 24.3 Å². The molecule has 0 saturated heterocycles. The molecule has 1 N–H and O–H groups in total. The van der Waals surface area contributed by atoms with E-state index in [0.717, 1.165) is 18.7 Å². The molecule has 0 aliphatic heterocycles. The van der Waals surface area contributed by atoms with Crippen molar-refractivity contribution in [3.8, 4) is 5.75 Å². The van der Waals surface area contributed by atoms with Crippen molar-refractivity contribution in [2.45, 2.75) is 32.9 Å². The van der Waals surface area contributed by atoms with E-state index >= 15 is 0 Å². The Balaban J connectivity index is 2.12. The summed E-state index contributed by atoms with van der Waals surface area (Å²) in [6.07, 6.45) is 0.889. The first kappa shape index (κ1) is 17.0. The second-order valence-electron chi connectivity index (χ2n) is 4.99. The maximum atomic E-state index is 5.66. The highest BCUT2D eigenvalue weighted by molar-refractivity contribution is 5.27. The predicted octanol–water partition coefficient (Wildman–Crippen LogP) is 2.62. The van der Waals surface area contributed by atoms with Gasteiger partial charge in [0.15, 0.2) is 0 Å². The Hall–Kier alpha value is -1.10. The lowest BCUT2D eigenvalue weighted by atomic mass is 10.2. The Morgan fingerprint density at radius 2 is 1.75 bits per heavy atom. The number of nitrogens with one attached hydrogen (secondary N) is 1. The van der Waals surface area contributed by atoms with E-state index in [1.54, 1.807) is 7.11 Å². The third kappa shape index (κ3) is 8.15. The molecule has 0 aromatic heterocycles. The van der Waals surface area contributed by atoms with Gasteiger partial charge in [0.05, 0.1) is 19.8 Å². The van der Waals surface area contributed by atoms with E-state index in [4.69, 9.17) is 14.2 Å². The Labute approximate surface area is 122 Å². The minimum atomic E-state index is 0.504. The summed E-state index contributed by atoms with van der Waals surface area (Å²) < 4.78 is 15.9. The zero-order chi connectivity index (χ0) is 14.6. The fraction of sp³-hybridized carbons (Fsp3) is 0.625. The van der Waals surface area contributed by atoms with Gasteiger partial charge in [-0.15, -0.1) is 0 Å². The van der Waals surface area contributed by atoms with Gasteiger partial charge in [0, 0.05) is 32.7 Å². The SMILES string of the molecule is COCCOCCCOc1ccc(CNC(C)C)cc1. The van der Waals surface area contributed by atoms with Crippen molar-refractivity contribution in [2.75, 3.05) is 33.5 Å². The van der Waals surface area contributed by atoms with E-state index < -0.39 is 0 Å². The molecule has 1 aromatic carbocycles. The van der Waals surface area contributed by atoms with Crippen LogP contribution in [0.2, 0.25) is 0 Å². The van der Waals surface area contributed by atoms with Gasteiger partial charge in [-0.2, -0.15) is 0 Å². The first-order chi connectivity index (χ1) is 9.72. The highest BCUT2D eigenvalue weighted by atomic mass is 16.5. The largest absolute Gasteiger partial charge is 0.494 e. The molecule has 0 heterocycles. The summed E-state index contributed by atoms with van der Waals surface area (Å²) in [4.78, 5) is 0. The maximum Gasteiger partial charge on any atom is 0.119 e. The Kier molecular flexibility index (Phi) is 9.04. The smallest absolute Gasteiger partial charge is 0.119 e. The quantitative estimate of drug-likeness (QED) is 0.633. The van der Waals surface area contributed by atoms with Gasteiger partial charge < -0.3 is 19.5 Å². The molecular formula is C16H27NO3. The van der Waals surface area contributed by atoms with E-state index in [9.17, 15) is 0 Å². The number of ether oxygens (including phenoxy) is 3. The number of hydrogen-bond donors (Lipinski definition) is 1. The molecule has 0 atom stereocenters. The van der Waals surface area contributed by atoms with Crippen LogP contribution in [-0.4, -0.2) is 39.6 Å². The Morgan fingerprint density at radius 3 is 2.40 bits per heavy atom. The van der Waals surface area contributed by atoms with E-state index in [1.165, 1.54) is 5.56 Å². The predicted molar refractivity (Wildman–Crippen MR) is 81.2 cm³/mol. The lowest BCUT2D eigenvalue weighted by Crippen LogP contribution is -2.21. The zero-order valence-electron chi connectivity index (χ0n) is 12.9. The minimum Gasteiger partial charge on any atom is -0.494 e. The minimum absolute atomic E-state index is 0.504. The second-order valence-corrected chi connectivity index (χ2v) is 4.99. The Morgan fingerprint density at radius 1 is 1.00 bits per heavy atom. The normalized spacial score (nSPS) is 11.0. The van der Waals surface area contributed by atoms with Gasteiger partial charge in [-0.1, -0.05) is 26.0 Å². The van der Waals surface area contributed by atoms with E-state index in [0.29, 0.717) is 32.5 Å². The summed E-state index contributed by atoms with van der Waals surface area (Å²) in [7, 11) is 1.67. The lowest BCUT2D eigenvalue weighted by Gasteiger charge is -2.10. The van der Waals surface area contributed by atoms with Gasteiger partial charge in [-0.3, -0.25) is 0 Å². The van der Waals surface area contributed by atoms with Crippen LogP contribution in [0, 0.1) is 0 Å². The van der Waals surface area contributed by atoms with Crippen molar-refractivity contribution < 1.29 is 14.2 Å². The van der Waals surface area contributed by atoms with Crippen LogP contribution in [0.25, 0.3) is 0 Å². The summed E-state index contributed by atoms with van der Waals surface area (Å²) in [5.41, 5.74) is 1.27. The van der Waals surface area contributed by atoms with Gasteiger partial charge >= 0.3 is 0 Å². The molecule has 20 heavy (non-hydrogen) atoms. The maximum absolute atomic E-state index is 5.66. The highest BCUT2D eigenvalue weighted by Gasteiger charge is 1.97. The molecule has 4 heteroatoms. The molecule has 114 valence electrons. The number of rotatable bonds is 11. The molecule has 0 saturated carbocycles. The molecule has 4 nitrogen and oxygen atoms in total. The highest BCUT2D eigenvalue weighted by Crippen LogP contribution is 2.12. The summed E-state index contributed by atoms with van der Waals surface area (Å²) in [6, 6.07) is 8.73. The topological polar surface area (TPSA) is 39.7 Å². The molecule has 0 amide bonds. The Bertz CT molecular complexity index is 338. The molecule has 0 fully saturated rings. The number of hydrogen-bond acceptors (Lipinski definition) is 4. The fourth-order valence-corrected chi connectivity index (χ4v) is 1.62. The standard InChI is InChI=1S/C16H27NO3/c1-14(2)17-13-15-5-7-16(8-6-15)20-10-4-9-19-12-11-18-3/h5-8,14,17H,4,9-13H2,1-3H3. The van der Waals surface area contributed by atoms with Gasteiger partial charge in [-0.05, 0) is 17.7 Å². The van der Waals surface area contributed by atoms with Crippen molar-refractivity contribution in [3.05, 3.63) is 29.8 Å². The van der Waals surface area contributed by atoms with E-state index in [2.05, 4.69) is 31.3 Å². The van der Waals surface area contributed by atoms with Crippen LogP contribution < -0.4 is 10.1 Å². The van der Waals surface area contributed by atoms with Crippen molar-refractivity contribution >= 4 is 0 Å². The molecule has 0 aliphatic carbocycles. The van der Waals surface area contributed by atoms with Gasteiger partial charge in [0.1, 0.15) is 5.75 Å². The van der Waals surface area contributed by atoms with Gasteiger partial charge in [0.2, 0.25) is 0 Å². The molecule has 0 bridgehead atoms. The van der Waals surface area contributed by atoms with E-state index in [1.807, 2.05) is 12.1 Å². The van der Waals surface area contributed by atoms with Crippen molar-refractivity contribution in [1.29, 1.82) is 0 Å². The number of methoxy groups -OCH3 is 1. The first-order valence-electron chi connectivity index (χ1n) is 7.24.